The second-order valence-corrected chi connectivity index (χ2v) is 13.1. The second-order valence-electron chi connectivity index (χ2n) is 13.1. The number of fused-ring (bicyclic) bond motifs is 1. The Morgan fingerprint density at radius 2 is 1.48 bits per heavy atom. The lowest BCUT2D eigenvalue weighted by Gasteiger charge is -2.28. The van der Waals surface area contributed by atoms with Gasteiger partial charge in [-0.15, -0.1) is 0 Å². The van der Waals surface area contributed by atoms with E-state index < -0.39 is 78.7 Å². The normalized spacial score (nSPS) is 22.1. The maximum Gasteiger partial charge on any atom is 0.326 e. The number of amides is 5. The van der Waals surface area contributed by atoms with Crippen LogP contribution in [0.25, 0.3) is 10.9 Å². The van der Waals surface area contributed by atoms with Crippen LogP contribution in [0.1, 0.15) is 57.1 Å². The Bertz CT molecular complexity index is 1650. The van der Waals surface area contributed by atoms with Gasteiger partial charge in [0.15, 0.2) is 0 Å². The third-order valence-corrected chi connectivity index (χ3v) is 8.20. The number of carbonyl (C=O) groups is 6. The van der Waals surface area contributed by atoms with Crippen molar-refractivity contribution in [2.75, 3.05) is 6.54 Å². The minimum absolute atomic E-state index is 0.0253. The number of carbonyl (C=O) groups excluding carboxylic acids is 5. The largest absolute Gasteiger partial charge is 0.480 e. The molecule has 1 aliphatic carbocycles. The molecule has 268 valence electrons. The smallest absolute Gasteiger partial charge is 0.326 e. The monoisotopic (exact) mass is 689 g/mol. The number of para-hydroxylation sites is 1. The Labute approximate surface area is 290 Å². The number of hydrogen-bond donors (Lipinski definition) is 8. The number of aliphatic carboxylic acids is 1. The van der Waals surface area contributed by atoms with Crippen LogP contribution in [0.5, 0.6) is 0 Å². The van der Waals surface area contributed by atoms with Crippen LogP contribution in [0.4, 0.5) is 0 Å². The molecule has 14 heteroatoms. The summed E-state index contributed by atoms with van der Waals surface area (Å²) in [5.41, 5.74) is 8.31. The first-order chi connectivity index (χ1) is 23.9. The van der Waals surface area contributed by atoms with Gasteiger partial charge in [0.2, 0.25) is 29.5 Å². The van der Waals surface area contributed by atoms with E-state index in [4.69, 9.17) is 5.73 Å². The van der Waals surface area contributed by atoms with E-state index in [-0.39, 0.29) is 25.2 Å². The quantitative estimate of drug-likeness (QED) is 0.162. The van der Waals surface area contributed by atoms with Crippen molar-refractivity contribution in [2.24, 2.45) is 11.7 Å². The number of carboxylic acid groups (broad SMARTS) is 1. The van der Waals surface area contributed by atoms with Crippen molar-refractivity contribution in [3.05, 3.63) is 71.9 Å². The van der Waals surface area contributed by atoms with Gasteiger partial charge in [-0.3, -0.25) is 24.0 Å². The van der Waals surface area contributed by atoms with E-state index in [2.05, 4.69) is 31.6 Å². The molecule has 5 rings (SSSR count). The van der Waals surface area contributed by atoms with E-state index in [1.165, 1.54) is 19.3 Å². The lowest BCUT2D eigenvalue weighted by atomic mass is 10.0. The van der Waals surface area contributed by atoms with Crippen molar-refractivity contribution in [2.45, 2.75) is 89.0 Å². The van der Waals surface area contributed by atoms with Crippen LogP contribution in [-0.4, -0.2) is 82.3 Å². The van der Waals surface area contributed by atoms with Crippen LogP contribution in [0.3, 0.4) is 0 Å². The zero-order chi connectivity index (χ0) is 36.2. The second kappa shape index (κ2) is 18.0. The first-order valence-corrected chi connectivity index (χ1v) is 17.0. The topological polar surface area (TPSA) is 225 Å². The number of aromatic nitrogens is 1. The molecular weight excluding hydrogens is 642 g/mol. The molecule has 0 radical (unpaired) electrons. The number of benzene rings is 2. The van der Waals surface area contributed by atoms with E-state index in [1.54, 1.807) is 50.4 Å². The highest BCUT2D eigenvalue weighted by Crippen LogP contribution is 2.20. The first kappa shape index (κ1) is 37.6. The van der Waals surface area contributed by atoms with Gasteiger partial charge in [-0.25, -0.2) is 4.79 Å². The van der Waals surface area contributed by atoms with Crippen molar-refractivity contribution in [3.63, 3.8) is 0 Å². The molecule has 5 unspecified atom stereocenters. The minimum atomic E-state index is -1.41. The molecule has 14 nitrogen and oxygen atoms in total. The third-order valence-electron chi connectivity index (χ3n) is 8.20. The fourth-order valence-corrected chi connectivity index (χ4v) is 5.37. The summed E-state index contributed by atoms with van der Waals surface area (Å²) in [5, 5.41) is 23.4. The van der Waals surface area contributed by atoms with Crippen LogP contribution in [0.2, 0.25) is 0 Å². The molecule has 5 atom stereocenters. The molecule has 3 aromatic rings. The summed E-state index contributed by atoms with van der Waals surface area (Å²) in [7, 11) is 0. The highest BCUT2D eigenvalue weighted by atomic mass is 16.4. The number of hydrogen-bond acceptors (Lipinski definition) is 7. The van der Waals surface area contributed by atoms with Gasteiger partial charge in [0, 0.05) is 36.5 Å². The molecule has 1 saturated carbocycles. The number of rotatable bonds is 9. The van der Waals surface area contributed by atoms with E-state index >= 15 is 0 Å². The summed E-state index contributed by atoms with van der Waals surface area (Å²) >= 11 is 0. The summed E-state index contributed by atoms with van der Waals surface area (Å²) in [6.45, 7) is 3.18. The molecule has 1 saturated heterocycles. The average molecular weight is 690 g/mol. The van der Waals surface area contributed by atoms with Gasteiger partial charge >= 0.3 is 5.97 Å². The molecule has 9 N–H and O–H groups in total. The van der Waals surface area contributed by atoms with Crippen LogP contribution >= 0.6 is 0 Å². The van der Waals surface area contributed by atoms with Crippen LogP contribution in [0.15, 0.2) is 60.8 Å². The van der Waals surface area contributed by atoms with Gasteiger partial charge in [-0.1, -0.05) is 81.6 Å². The van der Waals surface area contributed by atoms with Gasteiger partial charge in [0.25, 0.3) is 0 Å². The Kier molecular flexibility index (Phi) is 13.5. The summed E-state index contributed by atoms with van der Waals surface area (Å²) < 4.78 is 0. The molecule has 2 fully saturated rings. The summed E-state index contributed by atoms with van der Waals surface area (Å²) in [4.78, 5) is 82.0. The van der Waals surface area contributed by atoms with Crippen molar-refractivity contribution in [1.29, 1.82) is 0 Å². The number of aromatic amines is 1. The fraction of sp³-hybridized carbons (Fsp3) is 0.444. The lowest BCUT2D eigenvalue weighted by molar-refractivity contribution is -0.143. The molecule has 2 aromatic carbocycles. The van der Waals surface area contributed by atoms with Crippen molar-refractivity contribution in [3.8, 4) is 0 Å². The predicted molar refractivity (Wildman–Crippen MR) is 186 cm³/mol. The summed E-state index contributed by atoms with van der Waals surface area (Å²) in [6.07, 6.45) is 5.94. The zero-order valence-corrected chi connectivity index (χ0v) is 28.4. The first-order valence-electron chi connectivity index (χ1n) is 17.0. The van der Waals surface area contributed by atoms with Gasteiger partial charge in [0.05, 0.1) is 12.5 Å². The Morgan fingerprint density at radius 3 is 2.14 bits per heavy atom. The van der Waals surface area contributed by atoms with Gasteiger partial charge in [0.1, 0.15) is 24.2 Å². The average Bonchev–Trinajstić information content (AvgIpc) is 3.92. The molecule has 2 aliphatic rings. The van der Waals surface area contributed by atoms with Gasteiger partial charge < -0.3 is 42.4 Å². The zero-order valence-electron chi connectivity index (χ0n) is 28.4. The van der Waals surface area contributed by atoms with Crippen molar-refractivity contribution < 1.29 is 33.9 Å². The Balaban J connectivity index is 0.00000177. The van der Waals surface area contributed by atoms with Gasteiger partial charge in [-0.2, -0.15) is 0 Å². The number of carboxylic acids is 1. The van der Waals surface area contributed by atoms with E-state index in [1.807, 2.05) is 24.3 Å². The van der Waals surface area contributed by atoms with Gasteiger partial charge in [-0.05, 0) is 29.5 Å². The molecule has 2 heterocycles. The summed E-state index contributed by atoms with van der Waals surface area (Å²) in [5.74, 6) is -5.04. The molecule has 1 aromatic heterocycles. The maximum absolute atomic E-state index is 13.9. The summed E-state index contributed by atoms with van der Waals surface area (Å²) in [6, 6.07) is 9.91. The molecule has 1 aliphatic heterocycles. The van der Waals surface area contributed by atoms with Crippen LogP contribution < -0.4 is 32.3 Å². The highest BCUT2D eigenvalue weighted by molar-refractivity contribution is 5.97. The van der Waals surface area contributed by atoms with E-state index in [9.17, 15) is 33.9 Å². The van der Waals surface area contributed by atoms with Crippen molar-refractivity contribution >= 4 is 46.4 Å². The molecular formula is C36H47N7O7. The highest BCUT2D eigenvalue weighted by Gasteiger charge is 2.34. The van der Waals surface area contributed by atoms with Crippen LogP contribution in [0, 0.1) is 5.92 Å². The minimum Gasteiger partial charge on any atom is -0.480 e. The Morgan fingerprint density at radius 1 is 0.860 bits per heavy atom. The number of H-pyrrole nitrogens is 1. The third kappa shape index (κ3) is 11.4. The van der Waals surface area contributed by atoms with E-state index in [0.29, 0.717) is 5.56 Å². The van der Waals surface area contributed by atoms with Crippen molar-refractivity contribution in [1.82, 2.24) is 31.6 Å². The molecule has 0 bridgehead atoms. The molecule has 50 heavy (non-hydrogen) atoms. The maximum atomic E-state index is 13.9. The Hall–Kier alpha value is -5.24. The van der Waals surface area contributed by atoms with Crippen LogP contribution in [-0.2, 0) is 41.6 Å². The number of nitrogens with two attached hydrogens (primary N) is 1. The standard InChI is InChI=1S/C33H41N7O7.C3H6/c1-18(2)12-26(33(46)47)39-32(45)27-17-36-28(41)15-22(34)29(42)37-25(14-20-16-35-23-11-7-6-10-21(20)23)31(44)38-24(30(43)40-27)13-19-8-4-3-5-9-19;1-2-3-1/h3-11,16,18,22,24-27,35H,12-15,17,34H2,1-2H3,(H,36,41)(H,37,42)(H,38,44)(H,39,45)(H,40,43)(H,46,47);1-3H2. The SMILES string of the molecule is C1CC1.CC(C)CC(NC(=O)C1CNC(=O)CC(N)C(=O)NC(Cc2c[nH]c3ccccc23)C(=O)NC(Cc2ccccc2)C(=O)N1)C(=O)O. The molecule has 5 amide bonds. The lowest BCUT2D eigenvalue weighted by Crippen LogP contribution is -2.61. The molecule has 0 spiro atoms. The van der Waals surface area contributed by atoms with E-state index in [0.717, 1.165) is 16.5 Å². The number of nitrogens with one attached hydrogen (secondary N) is 6. The predicted octanol–water partition coefficient (Wildman–Crippen LogP) is 1.04. The fourth-order valence-electron chi connectivity index (χ4n) is 5.37.